The molecular weight excluding hydrogens is 392 g/mol. The Kier molecular flexibility index (Phi) is 5.02. The molecule has 0 aromatic heterocycles. The summed E-state index contributed by atoms with van der Waals surface area (Å²) in [4.78, 5) is 0. The first-order chi connectivity index (χ1) is 14.7. The summed E-state index contributed by atoms with van der Waals surface area (Å²) in [5.41, 5.74) is 2.53. The number of allylic oxidation sites excluding steroid dienone is 1. The first-order valence-electron chi connectivity index (χ1n) is 13.7. The van der Waals surface area contributed by atoms with E-state index < -0.39 is 12.2 Å². The van der Waals surface area contributed by atoms with Crippen molar-refractivity contribution in [2.45, 2.75) is 118 Å². The molecule has 5 fully saturated rings. The Labute approximate surface area is 197 Å². The highest BCUT2D eigenvalue weighted by atomic mass is 16.3. The molecule has 2 heteroatoms. The lowest BCUT2D eigenvalue weighted by atomic mass is 9.32. The van der Waals surface area contributed by atoms with E-state index in [0.717, 1.165) is 18.3 Å². The minimum Gasteiger partial charge on any atom is -0.390 e. The third-order valence-corrected chi connectivity index (χ3v) is 13.4. The Morgan fingerprint density at radius 1 is 0.781 bits per heavy atom. The van der Waals surface area contributed by atoms with E-state index in [4.69, 9.17) is 0 Å². The van der Waals surface area contributed by atoms with Crippen molar-refractivity contribution in [2.75, 3.05) is 0 Å². The van der Waals surface area contributed by atoms with Crippen molar-refractivity contribution in [1.82, 2.24) is 0 Å². The number of fused-ring (bicyclic) bond motifs is 7. The fourth-order valence-electron chi connectivity index (χ4n) is 11.6. The Morgan fingerprint density at radius 3 is 2.12 bits per heavy atom. The number of rotatable bonds is 1. The number of aliphatic hydroxyl groups is 2. The van der Waals surface area contributed by atoms with Crippen LogP contribution in [0.2, 0.25) is 0 Å². The van der Waals surface area contributed by atoms with E-state index in [9.17, 15) is 10.2 Å². The van der Waals surface area contributed by atoms with Crippen molar-refractivity contribution in [1.29, 1.82) is 0 Å². The average Bonchev–Trinajstić information content (AvgIpc) is 3.05. The van der Waals surface area contributed by atoms with Gasteiger partial charge in [-0.25, -0.2) is 0 Å². The first-order valence-corrected chi connectivity index (χ1v) is 13.7. The van der Waals surface area contributed by atoms with Crippen LogP contribution in [0.4, 0.5) is 0 Å². The lowest BCUT2D eigenvalue weighted by Gasteiger charge is -2.73. The molecule has 11 atom stereocenters. The van der Waals surface area contributed by atoms with Gasteiger partial charge in [0.1, 0.15) is 0 Å². The standard InChI is InChI=1S/C30H50O2/c1-18(2)19-11-13-27(5)15-16-29(7)20(24(19)27)9-10-23-28(6)17-21(31)25(32)26(3,4)22(28)12-14-30(23,29)8/h19-25,31-32H,1,9-17H2,2-8H3/t19-,20?,21+,22?,23?,24?,25+,27+,28-,29+,30+/m0/s1. The summed E-state index contributed by atoms with van der Waals surface area (Å²) < 4.78 is 0. The first kappa shape index (κ1) is 23.4. The van der Waals surface area contributed by atoms with E-state index in [1.54, 1.807) is 0 Å². The van der Waals surface area contributed by atoms with Gasteiger partial charge < -0.3 is 10.2 Å². The smallest absolute Gasteiger partial charge is 0.0852 e. The lowest BCUT2D eigenvalue weighted by Crippen LogP contribution is -2.68. The molecule has 5 aliphatic carbocycles. The Bertz CT molecular complexity index is 801. The predicted molar refractivity (Wildman–Crippen MR) is 132 cm³/mol. The molecule has 0 saturated heterocycles. The molecule has 32 heavy (non-hydrogen) atoms. The Balaban J connectivity index is 1.55. The van der Waals surface area contributed by atoms with Gasteiger partial charge in [0.15, 0.2) is 0 Å². The molecule has 0 spiro atoms. The fourth-order valence-corrected chi connectivity index (χ4v) is 11.6. The second-order valence-corrected chi connectivity index (χ2v) is 14.9. The van der Waals surface area contributed by atoms with Gasteiger partial charge in [-0.3, -0.25) is 0 Å². The van der Waals surface area contributed by atoms with Crippen LogP contribution in [-0.2, 0) is 0 Å². The van der Waals surface area contributed by atoms with Crippen LogP contribution >= 0.6 is 0 Å². The maximum absolute atomic E-state index is 11.0. The van der Waals surface area contributed by atoms with Crippen LogP contribution in [0, 0.1) is 56.7 Å². The normalized spacial score (nSPS) is 58.8. The zero-order valence-corrected chi connectivity index (χ0v) is 22.0. The third-order valence-electron chi connectivity index (χ3n) is 13.4. The molecule has 0 aromatic rings. The highest BCUT2D eigenvalue weighted by Crippen LogP contribution is 2.77. The highest BCUT2D eigenvalue weighted by Gasteiger charge is 2.70. The molecule has 0 heterocycles. The van der Waals surface area contributed by atoms with Crippen LogP contribution in [0.3, 0.4) is 0 Å². The molecule has 0 aliphatic heterocycles. The molecule has 0 bridgehead atoms. The zero-order chi connectivity index (χ0) is 23.5. The third kappa shape index (κ3) is 2.66. The van der Waals surface area contributed by atoms with E-state index >= 15 is 0 Å². The molecule has 0 radical (unpaired) electrons. The molecular formula is C30H50O2. The van der Waals surface area contributed by atoms with Crippen molar-refractivity contribution >= 4 is 0 Å². The van der Waals surface area contributed by atoms with Gasteiger partial charge in [0.05, 0.1) is 12.2 Å². The van der Waals surface area contributed by atoms with E-state index in [1.165, 1.54) is 56.9 Å². The maximum atomic E-state index is 11.0. The van der Waals surface area contributed by atoms with Crippen LogP contribution in [0.1, 0.15) is 106 Å². The van der Waals surface area contributed by atoms with Crippen LogP contribution in [-0.4, -0.2) is 22.4 Å². The van der Waals surface area contributed by atoms with Crippen molar-refractivity contribution in [3.05, 3.63) is 12.2 Å². The van der Waals surface area contributed by atoms with E-state index in [0.29, 0.717) is 34.0 Å². The van der Waals surface area contributed by atoms with Gasteiger partial charge in [-0.2, -0.15) is 0 Å². The summed E-state index contributed by atoms with van der Waals surface area (Å²) in [6, 6.07) is 0. The van der Waals surface area contributed by atoms with Crippen molar-refractivity contribution in [2.24, 2.45) is 56.7 Å². The highest BCUT2D eigenvalue weighted by molar-refractivity contribution is 5.21. The van der Waals surface area contributed by atoms with Crippen molar-refractivity contribution < 1.29 is 10.2 Å². The maximum Gasteiger partial charge on any atom is 0.0852 e. The summed E-state index contributed by atoms with van der Waals surface area (Å²) in [6.45, 7) is 21.6. The molecule has 182 valence electrons. The Morgan fingerprint density at radius 2 is 1.47 bits per heavy atom. The number of aliphatic hydroxyl groups excluding tert-OH is 2. The fraction of sp³-hybridized carbons (Fsp3) is 0.933. The summed E-state index contributed by atoms with van der Waals surface area (Å²) in [7, 11) is 0. The van der Waals surface area contributed by atoms with Gasteiger partial charge in [0.2, 0.25) is 0 Å². The van der Waals surface area contributed by atoms with E-state index in [1.807, 2.05) is 0 Å². The molecule has 2 nitrogen and oxygen atoms in total. The van der Waals surface area contributed by atoms with Crippen molar-refractivity contribution in [3.63, 3.8) is 0 Å². The van der Waals surface area contributed by atoms with E-state index in [-0.39, 0.29) is 10.8 Å². The van der Waals surface area contributed by atoms with Gasteiger partial charge in [0.25, 0.3) is 0 Å². The minimum atomic E-state index is -0.595. The quantitative estimate of drug-likeness (QED) is 0.429. The summed E-state index contributed by atoms with van der Waals surface area (Å²) in [5.74, 6) is 3.46. The topological polar surface area (TPSA) is 40.5 Å². The van der Waals surface area contributed by atoms with Gasteiger partial charge in [-0.1, -0.05) is 53.7 Å². The largest absolute Gasteiger partial charge is 0.390 e. The SMILES string of the molecule is C=C(C)[C@@H]1CC[C@]2(C)CC[C@]3(C)C(CCC4[C@@]5(C)C[C@@H](O)[C@@H](O)C(C)(C)C5CC[C@]43C)C12. The number of hydrogen-bond acceptors (Lipinski definition) is 2. The molecule has 4 unspecified atom stereocenters. The zero-order valence-electron chi connectivity index (χ0n) is 22.0. The molecule has 5 saturated carbocycles. The molecule has 0 amide bonds. The predicted octanol–water partition coefficient (Wildman–Crippen LogP) is 7.00. The second-order valence-electron chi connectivity index (χ2n) is 14.9. The van der Waals surface area contributed by atoms with Crippen LogP contribution in [0.15, 0.2) is 12.2 Å². The van der Waals surface area contributed by atoms with Gasteiger partial charge in [-0.15, -0.1) is 0 Å². The summed E-state index contributed by atoms with van der Waals surface area (Å²) >= 11 is 0. The van der Waals surface area contributed by atoms with Crippen molar-refractivity contribution in [3.8, 4) is 0 Å². The van der Waals surface area contributed by atoms with Gasteiger partial charge in [0, 0.05) is 0 Å². The van der Waals surface area contributed by atoms with Crippen LogP contribution < -0.4 is 0 Å². The monoisotopic (exact) mass is 442 g/mol. The lowest BCUT2D eigenvalue weighted by molar-refractivity contribution is -0.262. The van der Waals surface area contributed by atoms with Crippen LogP contribution in [0.25, 0.3) is 0 Å². The molecule has 5 rings (SSSR count). The van der Waals surface area contributed by atoms with E-state index in [2.05, 4.69) is 55.0 Å². The second kappa shape index (κ2) is 6.87. The van der Waals surface area contributed by atoms with Gasteiger partial charge >= 0.3 is 0 Å². The Hall–Kier alpha value is -0.340. The molecule has 2 N–H and O–H groups in total. The van der Waals surface area contributed by atoms with Crippen LogP contribution in [0.5, 0.6) is 0 Å². The summed E-state index contributed by atoms with van der Waals surface area (Å²) in [6.07, 6.45) is 10.2. The number of hydrogen-bond donors (Lipinski definition) is 2. The average molecular weight is 443 g/mol. The molecule has 0 aromatic carbocycles. The summed E-state index contributed by atoms with van der Waals surface area (Å²) in [5, 5.41) is 21.9. The van der Waals surface area contributed by atoms with Gasteiger partial charge in [-0.05, 0) is 121 Å². The minimum absolute atomic E-state index is 0.118. The molecule has 5 aliphatic rings.